The van der Waals surface area contributed by atoms with Crippen molar-refractivity contribution in [2.24, 2.45) is 0 Å². The molecule has 4 heterocycles. The lowest BCUT2D eigenvalue weighted by Gasteiger charge is -2.43. The Bertz CT molecular complexity index is 1640. The number of pyridine rings is 1. The van der Waals surface area contributed by atoms with Crippen LogP contribution in [0.15, 0.2) is 66.9 Å². The Morgan fingerprint density at radius 2 is 1.69 bits per heavy atom. The van der Waals surface area contributed by atoms with Crippen LogP contribution in [0.1, 0.15) is 48.5 Å². The molecule has 2 aliphatic rings. The Morgan fingerprint density at radius 3 is 2.36 bits per heavy atom. The molecule has 10 nitrogen and oxygen atoms in total. The van der Waals surface area contributed by atoms with Gasteiger partial charge in [-0.2, -0.15) is 4.98 Å². The normalized spacial score (nSPS) is 17.3. The van der Waals surface area contributed by atoms with Gasteiger partial charge in [0.1, 0.15) is 0 Å². The highest BCUT2D eigenvalue weighted by molar-refractivity contribution is 6.30. The number of hydrogen-bond acceptors (Lipinski definition) is 7. The summed E-state index contributed by atoms with van der Waals surface area (Å²) in [6.45, 7) is 5.78. The summed E-state index contributed by atoms with van der Waals surface area (Å²) in [5.74, 6) is 0.508. The van der Waals surface area contributed by atoms with Crippen molar-refractivity contribution in [2.75, 3.05) is 57.0 Å². The van der Waals surface area contributed by atoms with Gasteiger partial charge >= 0.3 is 0 Å². The summed E-state index contributed by atoms with van der Waals surface area (Å²) in [6, 6.07) is 19.9. The van der Waals surface area contributed by atoms with Crippen molar-refractivity contribution in [2.45, 2.75) is 44.1 Å². The van der Waals surface area contributed by atoms with Crippen molar-refractivity contribution in [1.29, 1.82) is 0 Å². The standard InChI is InChI=1S/C34H41ClN8O2/c1-24(44)36-23-34(26-8-10-27(35)11-9-26)16-21-42(22-17-34)30-5-4-18-43-31(30)38-33(39-43)37-28-12-6-25(7-13-28)32(45)41(3)29-14-19-40(2)20-15-29/h4-13,18,29H,14-17,19-23H2,1-3H3,(H,36,44)(H,37,39). The summed E-state index contributed by atoms with van der Waals surface area (Å²) in [6.07, 6.45) is 5.63. The second-order valence-corrected chi connectivity index (χ2v) is 12.9. The first-order chi connectivity index (χ1) is 21.7. The number of nitrogens with one attached hydrogen (secondary N) is 2. The number of anilines is 3. The second-order valence-electron chi connectivity index (χ2n) is 12.4. The van der Waals surface area contributed by atoms with Gasteiger partial charge in [-0.3, -0.25) is 9.59 Å². The lowest BCUT2D eigenvalue weighted by Crippen LogP contribution is -2.49. The molecule has 2 aromatic heterocycles. The fraction of sp³-hybridized carbons (Fsp3) is 0.412. The lowest BCUT2D eigenvalue weighted by atomic mass is 9.72. The zero-order valence-electron chi connectivity index (χ0n) is 26.2. The number of carbonyl (C=O) groups excluding carboxylic acids is 2. The molecule has 0 aliphatic carbocycles. The third-order valence-corrected chi connectivity index (χ3v) is 9.73. The van der Waals surface area contributed by atoms with Crippen LogP contribution in [0.4, 0.5) is 17.3 Å². The van der Waals surface area contributed by atoms with Crippen molar-refractivity contribution in [3.05, 3.63) is 83.0 Å². The third-order valence-electron chi connectivity index (χ3n) is 9.48. The average Bonchev–Trinajstić information content (AvgIpc) is 3.47. The van der Waals surface area contributed by atoms with E-state index in [4.69, 9.17) is 16.6 Å². The van der Waals surface area contributed by atoms with Gasteiger partial charge < -0.3 is 25.3 Å². The van der Waals surface area contributed by atoms with Crippen LogP contribution in [0, 0.1) is 0 Å². The first-order valence-corrected chi connectivity index (χ1v) is 16.0. The number of piperidine rings is 2. The Balaban J connectivity index is 1.14. The maximum Gasteiger partial charge on any atom is 0.253 e. The van der Waals surface area contributed by atoms with E-state index in [0.717, 1.165) is 68.9 Å². The molecule has 45 heavy (non-hydrogen) atoms. The molecule has 0 atom stereocenters. The number of likely N-dealkylation sites (tertiary alicyclic amines) is 1. The van der Waals surface area contributed by atoms with E-state index in [1.807, 2.05) is 60.6 Å². The molecule has 11 heteroatoms. The molecule has 0 saturated carbocycles. The Morgan fingerprint density at radius 1 is 1.00 bits per heavy atom. The Labute approximate surface area is 269 Å². The number of aromatic nitrogens is 3. The fourth-order valence-corrected chi connectivity index (χ4v) is 6.74. The second kappa shape index (κ2) is 13.1. The molecule has 0 unspecified atom stereocenters. The van der Waals surface area contributed by atoms with Gasteiger partial charge in [-0.15, -0.1) is 5.10 Å². The number of hydrogen-bond donors (Lipinski definition) is 2. The molecule has 2 fully saturated rings. The third kappa shape index (κ3) is 6.77. The molecule has 6 rings (SSSR count). The SMILES string of the molecule is CC(=O)NCC1(c2ccc(Cl)cc2)CCN(c2cccn3nc(Nc4ccc(C(=O)N(C)C5CCN(C)CC5)cc4)nc23)CC1. The first-order valence-electron chi connectivity index (χ1n) is 15.6. The molecule has 2 aromatic carbocycles. The van der Waals surface area contributed by atoms with E-state index in [1.54, 1.807) is 11.4 Å². The minimum atomic E-state index is -0.173. The van der Waals surface area contributed by atoms with Gasteiger partial charge in [-0.25, -0.2) is 4.52 Å². The molecular formula is C34H41ClN8O2. The van der Waals surface area contributed by atoms with Crippen LogP contribution >= 0.6 is 11.6 Å². The fourth-order valence-electron chi connectivity index (χ4n) is 6.61. The topological polar surface area (TPSA) is 98.1 Å². The number of benzene rings is 2. The summed E-state index contributed by atoms with van der Waals surface area (Å²) in [7, 11) is 4.03. The van der Waals surface area contributed by atoms with Gasteiger partial charge in [0.2, 0.25) is 11.9 Å². The van der Waals surface area contributed by atoms with E-state index in [0.29, 0.717) is 23.1 Å². The summed E-state index contributed by atoms with van der Waals surface area (Å²) in [5, 5.41) is 11.8. The molecule has 4 aromatic rings. The highest BCUT2D eigenvalue weighted by atomic mass is 35.5. The van der Waals surface area contributed by atoms with Crippen molar-refractivity contribution in [1.82, 2.24) is 29.7 Å². The van der Waals surface area contributed by atoms with E-state index in [2.05, 4.69) is 50.8 Å². The zero-order valence-corrected chi connectivity index (χ0v) is 26.9. The average molecular weight is 629 g/mol. The smallest absolute Gasteiger partial charge is 0.253 e. The number of fused-ring (bicyclic) bond motifs is 1. The maximum absolute atomic E-state index is 13.1. The van der Waals surface area contributed by atoms with E-state index in [1.165, 1.54) is 5.56 Å². The minimum absolute atomic E-state index is 0.0275. The molecule has 2 amide bonds. The molecule has 2 N–H and O–H groups in total. The van der Waals surface area contributed by atoms with Gasteiger partial charge in [0, 0.05) is 67.5 Å². The molecule has 0 bridgehead atoms. The van der Waals surface area contributed by atoms with Crippen LogP contribution in [0.25, 0.3) is 5.65 Å². The quantitative estimate of drug-likeness (QED) is 0.284. The van der Waals surface area contributed by atoms with Crippen LogP contribution in [0.5, 0.6) is 0 Å². The predicted octanol–water partition coefficient (Wildman–Crippen LogP) is 4.97. The number of carbonyl (C=O) groups is 2. The number of nitrogens with zero attached hydrogens (tertiary/aromatic N) is 6. The Kier molecular flexibility index (Phi) is 8.96. The van der Waals surface area contributed by atoms with E-state index in [-0.39, 0.29) is 23.3 Å². The first kappa shape index (κ1) is 30.9. The van der Waals surface area contributed by atoms with Crippen LogP contribution in [-0.2, 0) is 10.2 Å². The molecule has 2 saturated heterocycles. The lowest BCUT2D eigenvalue weighted by molar-refractivity contribution is -0.119. The van der Waals surface area contributed by atoms with Crippen LogP contribution in [0.3, 0.4) is 0 Å². The predicted molar refractivity (Wildman–Crippen MR) is 179 cm³/mol. The van der Waals surface area contributed by atoms with Crippen LogP contribution in [0.2, 0.25) is 5.02 Å². The maximum atomic E-state index is 13.1. The largest absolute Gasteiger partial charge is 0.368 e. The summed E-state index contributed by atoms with van der Waals surface area (Å²) in [5.41, 5.74) is 4.29. The van der Waals surface area contributed by atoms with E-state index >= 15 is 0 Å². The zero-order chi connectivity index (χ0) is 31.6. The van der Waals surface area contributed by atoms with E-state index in [9.17, 15) is 9.59 Å². The van der Waals surface area contributed by atoms with Gasteiger partial charge in [-0.1, -0.05) is 23.7 Å². The van der Waals surface area contributed by atoms with Gasteiger partial charge in [0.15, 0.2) is 5.65 Å². The van der Waals surface area contributed by atoms with Crippen LogP contribution < -0.4 is 15.5 Å². The molecule has 2 aliphatic heterocycles. The Hall–Kier alpha value is -4.15. The van der Waals surface area contributed by atoms with Gasteiger partial charge in [-0.05, 0) is 99.9 Å². The highest BCUT2D eigenvalue weighted by Gasteiger charge is 2.37. The number of amides is 2. The van der Waals surface area contributed by atoms with Gasteiger partial charge in [0.05, 0.1) is 5.69 Å². The highest BCUT2D eigenvalue weighted by Crippen LogP contribution is 2.38. The number of rotatable bonds is 8. The van der Waals surface area contributed by atoms with Crippen molar-refractivity contribution in [3.8, 4) is 0 Å². The van der Waals surface area contributed by atoms with E-state index < -0.39 is 0 Å². The van der Waals surface area contributed by atoms with Crippen molar-refractivity contribution >= 4 is 46.4 Å². The summed E-state index contributed by atoms with van der Waals surface area (Å²) in [4.78, 5) is 36.4. The monoisotopic (exact) mass is 628 g/mol. The van der Waals surface area contributed by atoms with Crippen molar-refractivity contribution in [3.63, 3.8) is 0 Å². The molecule has 0 spiro atoms. The molecule has 0 radical (unpaired) electrons. The van der Waals surface area contributed by atoms with Gasteiger partial charge in [0.25, 0.3) is 5.91 Å². The molecule has 236 valence electrons. The summed E-state index contributed by atoms with van der Waals surface area (Å²) < 4.78 is 1.80. The van der Waals surface area contributed by atoms with Crippen LogP contribution in [-0.4, -0.2) is 89.1 Å². The van der Waals surface area contributed by atoms with Crippen molar-refractivity contribution < 1.29 is 9.59 Å². The molecular weight excluding hydrogens is 588 g/mol. The number of halogens is 1. The summed E-state index contributed by atoms with van der Waals surface area (Å²) >= 11 is 6.18. The minimum Gasteiger partial charge on any atom is -0.368 e.